The molecule has 1 aromatic rings. The molecule has 8 heteroatoms. The molecule has 2 amide bonds. The van der Waals surface area contributed by atoms with Crippen LogP contribution in [0.25, 0.3) is 0 Å². The number of hydrogen-bond acceptors (Lipinski definition) is 6. The van der Waals surface area contributed by atoms with E-state index in [2.05, 4.69) is 34.7 Å². The van der Waals surface area contributed by atoms with Gasteiger partial charge in [0.15, 0.2) is 0 Å². The first-order chi connectivity index (χ1) is 14.0. The molecule has 0 aliphatic rings. The zero-order valence-electron chi connectivity index (χ0n) is 17.7. The van der Waals surface area contributed by atoms with Crippen molar-refractivity contribution < 1.29 is 19.1 Å². The molecule has 0 aromatic heterocycles. The number of nitrogens with zero attached hydrogens (tertiary/aromatic N) is 1. The summed E-state index contributed by atoms with van der Waals surface area (Å²) in [6.07, 6.45) is 3.62. The predicted octanol–water partition coefficient (Wildman–Crippen LogP) is 1.41. The Labute approximate surface area is 173 Å². The average molecular weight is 407 g/mol. The van der Waals surface area contributed by atoms with Crippen LogP contribution in [-0.2, 0) is 20.9 Å². The Morgan fingerprint density at radius 3 is 2.69 bits per heavy atom. The lowest BCUT2D eigenvalue weighted by Gasteiger charge is -2.26. The van der Waals surface area contributed by atoms with Crippen molar-refractivity contribution in [1.82, 2.24) is 15.5 Å². The van der Waals surface area contributed by atoms with Crippen LogP contribution in [0.3, 0.4) is 0 Å². The smallest absolute Gasteiger partial charge is 0.238 e. The Bertz CT molecular complexity index is 639. The zero-order valence-corrected chi connectivity index (χ0v) is 17.7. The summed E-state index contributed by atoms with van der Waals surface area (Å²) in [5, 5.41) is 8.43. The van der Waals surface area contributed by atoms with Gasteiger partial charge in [-0.3, -0.25) is 19.3 Å². The third kappa shape index (κ3) is 9.65. The molecule has 0 heterocycles. The summed E-state index contributed by atoms with van der Waals surface area (Å²) in [4.78, 5) is 36.1. The first-order valence-electron chi connectivity index (χ1n) is 10.1. The number of aldehydes is 1. The number of carbonyl (C=O) groups is 3. The van der Waals surface area contributed by atoms with Crippen molar-refractivity contribution in [2.75, 3.05) is 45.2 Å². The number of nitrogens with one attached hydrogen (secondary N) is 3. The lowest BCUT2D eigenvalue weighted by molar-refractivity contribution is -0.115. The van der Waals surface area contributed by atoms with Gasteiger partial charge >= 0.3 is 0 Å². The Morgan fingerprint density at radius 2 is 2.00 bits per heavy atom. The third-order valence-electron chi connectivity index (χ3n) is 4.66. The van der Waals surface area contributed by atoms with Gasteiger partial charge in [-0.05, 0) is 26.5 Å². The largest absolute Gasteiger partial charge is 0.378 e. The predicted molar refractivity (Wildman–Crippen MR) is 114 cm³/mol. The summed E-state index contributed by atoms with van der Waals surface area (Å²) in [7, 11) is 2.03. The van der Waals surface area contributed by atoms with Crippen LogP contribution in [-0.4, -0.2) is 69.4 Å². The molecule has 8 nitrogen and oxygen atoms in total. The Balaban J connectivity index is 2.56. The van der Waals surface area contributed by atoms with Crippen LogP contribution in [0, 0.1) is 0 Å². The Kier molecular flexibility index (Phi) is 12.5. The number of ether oxygens (including phenoxy) is 1. The van der Waals surface area contributed by atoms with Crippen LogP contribution in [0.5, 0.6) is 0 Å². The van der Waals surface area contributed by atoms with E-state index in [1.54, 1.807) is 12.1 Å². The maximum absolute atomic E-state index is 12.3. The maximum Gasteiger partial charge on any atom is 0.238 e. The standard InChI is InChI=1S/C21H34N4O4/c1-4-6-17(2)25(3)14-19-18(15-26)7-5-8-20(19)24-21(28)13-22-9-11-29-12-10-23-16-27/h5,7-8,15-17,22H,4,6,9-14H2,1-3H3,(H,23,27)(H,24,28). The van der Waals surface area contributed by atoms with Gasteiger partial charge in [-0.15, -0.1) is 0 Å². The molecule has 1 aromatic carbocycles. The highest BCUT2D eigenvalue weighted by Crippen LogP contribution is 2.22. The molecule has 0 bridgehead atoms. The average Bonchev–Trinajstić information content (AvgIpc) is 2.71. The van der Waals surface area contributed by atoms with Gasteiger partial charge in [0, 0.05) is 42.5 Å². The zero-order chi connectivity index (χ0) is 21.5. The van der Waals surface area contributed by atoms with E-state index in [1.165, 1.54) is 0 Å². The third-order valence-corrected chi connectivity index (χ3v) is 4.66. The minimum absolute atomic E-state index is 0.142. The van der Waals surface area contributed by atoms with E-state index in [-0.39, 0.29) is 12.5 Å². The lowest BCUT2D eigenvalue weighted by Crippen LogP contribution is -2.32. The van der Waals surface area contributed by atoms with Crippen molar-refractivity contribution in [2.24, 2.45) is 0 Å². The normalized spacial score (nSPS) is 11.9. The fourth-order valence-electron chi connectivity index (χ4n) is 2.88. The highest BCUT2D eigenvalue weighted by atomic mass is 16.5. The molecule has 0 aliphatic carbocycles. The monoisotopic (exact) mass is 406 g/mol. The van der Waals surface area contributed by atoms with Crippen molar-refractivity contribution >= 4 is 24.3 Å². The quantitative estimate of drug-likeness (QED) is 0.284. The van der Waals surface area contributed by atoms with Gasteiger partial charge in [-0.1, -0.05) is 25.5 Å². The Hall–Kier alpha value is -2.29. The van der Waals surface area contributed by atoms with Crippen LogP contribution >= 0.6 is 0 Å². The van der Waals surface area contributed by atoms with Gasteiger partial charge in [0.05, 0.1) is 19.8 Å². The van der Waals surface area contributed by atoms with E-state index >= 15 is 0 Å². The first-order valence-corrected chi connectivity index (χ1v) is 10.1. The maximum atomic E-state index is 12.3. The SMILES string of the molecule is CCCC(C)N(C)Cc1c(C=O)cccc1NC(=O)CNCCOCCNC=O. The van der Waals surface area contributed by atoms with E-state index in [0.717, 1.165) is 24.7 Å². The number of carbonyl (C=O) groups excluding carboxylic acids is 3. The molecule has 0 spiro atoms. The van der Waals surface area contributed by atoms with E-state index in [4.69, 9.17) is 4.74 Å². The van der Waals surface area contributed by atoms with Gasteiger partial charge in [0.25, 0.3) is 0 Å². The second kappa shape index (κ2) is 14.7. The molecule has 1 atom stereocenters. The summed E-state index contributed by atoms with van der Waals surface area (Å²) in [5.41, 5.74) is 2.07. The number of amides is 2. The first kappa shape index (κ1) is 24.7. The second-order valence-electron chi connectivity index (χ2n) is 6.95. The Morgan fingerprint density at radius 1 is 1.24 bits per heavy atom. The molecule has 3 N–H and O–H groups in total. The summed E-state index contributed by atoms with van der Waals surface area (Å²) in [6.45, 7) is 6.89. The van der Waals surface area contributed by atoms with Gasteiger partial charge in [-0.25, -0.2) is 0 Å². The highest BCUT2D eigenvalue weighted by Gasteiger charge is 2.15. The summed E-state index contributed by atoms with van der Waals surface area (Å²) in [5.74, 6) is -0.179. The van der Waals surface area contributed by atoms with Crippen molar-refractivity contribution in [3.63, 3.8) is 0 Å². The molecule has 0 aliphatic heterocycles. The number of hydrogen-bond donors (Lipinski definition) is 3. The number of anilines is 1. The van der Waals surface area contributed by atoms with Crippen molar-refractivity contribution in [2.45, 2.75) is 39.3 Å². The van der Waals surface area contributed by atoms with Crippen LogP contribution in [0.4, 0.5) is 5.69 Å². The van der Waals surface area contributed by atoms with Gasteiger partial charge in [-0.2, -0.15) is 0 Å². The van der Waals surface area contributed by atoms with Gasteiger partial charge in [0.2, 0.25) is 12.3 Å². The molecule has 0 radical (unpaired) electrons. The van der Waals surface area contributed by atoms with E-state index in [9.17, 15) is 14.4 Å². The molecule has 1 rings (SSSR count). The highest BCUT2D eigenvalue weighted by molar-refractivity contribution is 5.94. The van der Waals surface area contributed by atoms with Crippen LogP contribution < -0.4 is 16.0 Å². The second-order valence-corrected chi connectivity index (χ2v) is 6.95. The van der Waals surface area contributed by atoms with E-state index < -0.39 is 0 Å². The molecule has 0 saturated heterocycles. The molecule has 0 fully saturated rings. The lowest BCUT2D eigenvalue weighted by atomic mass is 10.0. The minimum Gasteiger partial charge on any atom is -0.378 e. The molecular weight excluding hydrogens is 372 g/mol. The van der Waals surface area contributed by atoms with Crippen molar-refractivity contribution in [1.29, 1.82) is 0 Å². The molecule has 0 saturated carbocycles. The van der Waals surface area contributed by atoms with Crippen LogP contribution in [0.1, 0.15) is 42.6 Å². The van der Waals surface area contributed by atoms with E-state index in [1.807, 2.05) is 13.1 Å². The topological polar surface area (TPSA) is 99.8 Å². The molecule has 162 valence electrons. The van der Waals surface area contributed by atoms with Crippen LogP contribution in [0.15, 0.2) is 18.2 Å². The van der Waals surface area contributed by atoms with Gasteiger partial charge in [0.1, 0.15) is 6.29 Å². The molecule has 29 heavy (non-hydrogen) atoms. The summed E-state index contributed by atoms with van der Waals surface area (Å²) < 4.78 is 5.31. The molecular formula is C21H34N4O4. The summed E-state index contributed by atoms with van der Waals surface area (Å²) >= 11 is 0. The van der Waals surface area contributed by atoms with E-state index in [0.29, 0.717) is 56.6 Å². The number of benzene rings is 1. The fraction of sp³-hybridized carbons (Fsp3) is 0.571. The van der Waals surface area contributed by atoms with Crippen molar-refractivity contribution in [3.8, 4) is 0 Å². The minimum atomic E-state index is -0.179. The van der Waals surface area contributed by atoms with Crippen molar-refractivity contribution in [3.05, 3.63) is 29.3 Å². The van der Waals surface area contributed by atoms with Gasteiger partial charge < -0.3 is 20.7 Å². The molecule has 1 unspecified atom stereocenters. The summed E-state index contributed by atoms with van der Waals surface area (Å²) in [6, 6.07) is 5.74. The number of rotatable bonds is 16. The van der Waals surface area contributed by atoms with Crippen LogP contribution in [0.2, 0.25) is 0 Å². The fourth-order valence-corrected chi connectivity index (χ4v) is 2.88.